The van der Waals surface area contributed by atoms with Crippen LogP contribution in [0.15, 0.2) is 29.1 Å². The first-order valence-electron chi connectivity index (χ1n) is 5.43. The molecule has 2 aromatic rings. The minimum Gasteiger partial charge on any atom is -0.348 e. The minimum atomic E-state index is -0.193. The Morgan fingerprint density at radius 1 is 1.56 bits per heavy atom. The quantitative estimate of drug-likeness (QED) is 0.578. The van der Waals surface area contributed by atoms with E-state index in [0.717, 1.165) is 11.3 Å². The first-order valence-corrected chi connectivity index (χ1v) is 6.37. The molecule has 0 saturated carbocycles. The highest BCUT2D eigenvalue weighted by Gasteiger charge is 2.11. The lowest BCUT2D eigenvalue weighted by molar-refractivity contribution is 0.0951. The highest BCUT2D eigenvalue weighted by molar-refractivity contribution is 7.07. The van der Waals surface area contributed by atoms with Crippen molar-refractivity contribution in [2.75, 3.05) is 5.43 Å². The number of hydrogen-bond donors (Lipinski definition) is 3. The molecule has 0 saturated heterocycles. The Kier molecular flexibility index (Phi) is 3.91. The average Bonchev–Trinajstić information content (AvgIpc) is 2.88. The monoisotopic (exact) mass is 262 g/mol. The Balaban J connectivity index is 2.09. The summed E-state index contributed by atoms with van der Waals surface area (Å²) in [4.78, 5) is 16.1. The fourth-order valence-electron chi connectivity index (χ4n) is 1.53. The number of pyridine rings is 1. The van der Waals surface area contributed by atoms with Crippen LogP contribution in [0.5, 0.6) is 0 Å². The zero-order valence-electron chi connectivity index (χ0n) is 9.93. The molecule has 0 atom stereocenters. The standard InChI is InChI=1S/C12H14N4OS/c1-8-4-11(16-13)10(6-14-8)12(17)15-5-9-2-3-18-7-9/h2-4,6-7H,5,13H2,1H3,(H,14,16)(H,15,17). The lowest BCUT2D eigenvalue weighted by Crippen LogP contribution is -2.25. The van der Waals surface area contributed by atoms with Crippen LogP contribution in [-0.2, 0) is 6.54 Å². The molecule has 0 unspecified atom stereocenters. The number of nitrogens with two attached hydrogens (primary N) is 1. The van der Waals surface area contributed by atoms with Crippen LogP contribution in [0.3, 0.4) is 0 Å². The van der Waals surface area contributed by atoms with Crippen LogP contribution in [0.4, 0.5) is 5.69 Å². The fourth-order valence-corrected chi connectivity index (χ4v) is 2.20. The minimum absolute atomic E-state index is 0.193. The SMILES string of the molecule is Cc1cc(NN)c(C(=O)NCc2ccsc2)cn1. The van der Waals surface area contributed by atoms with E-state index in [4.69, 9.17) is 5.84 Å². The van der Waals surface area contributed by atoms with Gasteiger partial charge in [-0.2, -0.15) is 11.3 Å². The van der Waals surface area contributed by atoms with Crippen molar-refractivity contribution in [1.29, 1.82) is 0 Å². The van der Waals surface area contributed by atoms with E-state index in [1.165, 1.54) is 6.20 Å². The highest BCUT2D eigenvalue weighted by atomic mass is 32.1. The topological polar surface area (TPSA) is 80.0 Å². The van der Waals surface area contributed by atoms with Gasteiger partial charge in [-0.3, -0.25) is 15.6 Å². The van der Waals surface area contributed by atoms with Crippen LogP contribution in [0, 0.1) is 6.92 Å². The van der Waals surface area contributed by atoms with E-state index in [9.17, 15) is 4.79 Å². The molecule has 2 rings (SSSR count). The van der Waals surface area contributed by atoms with Crippen molar-refractivity contribution in [2.45, 2.75) is 13.5 Å². The summed E-state index contributed by atoms with van der Waals surface area (Å²) in [5.41, 5.74) is 5.41. The molecule has 6 heteroatoms. The second kappa shape index (κ2) is 5.61. The summed E-state index contributed by atoms with van der Waals surface area (Å²) >= 11 is 1.60. The van der Waals surface area contributed by atoms with E-state index < -0.39 is 0 Å². The van der Waals surface area contributed by atoms with Crippen molar-refractivity contribution < 1.29 is 4.79 Å². The molecular weight excluding hydrogens is 248 g/mol. The lowest BCUT2D eigenvalue weighted by Gasteiger charge is -2.09. The van der Waals surface area contributed by atoms with Crippen molar-refractivity contribution in [3.8, 4) is 0 Å². The summed E-state index contributed by atoms with van der Waals surface area (Å²) in [5.74, 6) is 5.20. The van der Waals surface area contributed by atoms with Crippen LogP contribution in [0.2, 0.25) is 0 Å². The Labute approximate surface area is 109 Å². The summed E-state index contributed by atoms with van der Waals surface area (Å²) in [5, 5.41) is 6.80. The van der Waals surface area contributed by atoms with Gasteiger partial charge in [0.25, 0.3) is 5.91 Å². The number of rotatable bonds is 4. The zero-order chi connectivity index (χ0) is 13.0. The summed E-state index contributed by atoms with van der Waals surface area (Å²) < 4.78 is 0. The molecule has 0 aromatic carbocycles. The van der Waals surface area contributed by atoms with Gasteiger partial charge in [-0.15, -0.1) is 0 Å². The molecule has 0 bridgehead atoms. The second-order valence-corrected chi connectivity index (χ2v) is 4.61. The molecule has 94 valence electrons. The van der Waals surface area contributed by atoms with Gasteiger partial charge in [0.2, 0.25) is 0 Å². The first-order chi connectivity index (χ1) is 8.70. The van der Waals surface area contributed by atoms with Crippen molar-refractivity contribution in [1.82, 2.24) is 10.3 Å². The zero-order valence-corrected chi connectivity index (χ0v) is 10.8. The smallest absolute Gasteiger partial charge is 0.255 e. The van der Waals surface area contributed by atoms with E-state index in [1.54, 1.807) is 17.4 Å². The van der Waals surface area contributed by atoms with Crippen LogP contribution >= 0.6 is 11.3 Å². The molecule has 4 N–H and O–H groups in total. The van der Waals surface area contributed by atoms with Gasteiger partial charge in [0.1, 0.15) is 0 Å². The molecule has 18 heavy (non-hydrogen) atoms. The van der Waals surface area contributed by atoms with Gasteiger partial charge in [-0.1, -0.05) is 0 Å². The van der Waals surface area contributed by atoms with Gasteiger partial charge in [0.15, 0.2) is 0 Å². The fraction of sp³-hybridized carbons (Fsp3) is 0.167. The third-order valence-corrected chi connectivity index (χ3v) is 3.21. The highest BCUT2D eigenvalue weighted by Crippen LogP contribution is 2.14. The molecule has 2 aromatic heterocycles. The van der Waals surface area contributed by atoms with Crippen molar-refractivity contribution >= 4 is 22.9 Å². The molecule has 0 radical (unpaired) electrons. The summed E-state index contributed by atoms with van der Waals surface area (Å²) in [6.45, 7) is 2.34. The normalized spacial score (nSPS) is 10.1. The van der Waals surface area contributed by atoms with Gasteiger partial charge in [-0.05, 0) is 35.4 Å². The molecule has 0 spiro atoms. The maximum absolute atomic E-state index is 12.0. The van der Waals surface area contributed by atoms with Crippen molar-refractivity contribution in [3.63, 3.8) is 0 Å². The van der Waals surface area contributed by atoms with Crippen LogP contribution in [-0.4, -0.2) is 10.9 Å². The number of amides is 1. The molecular formula is C12H14N4OS. The number of carbonyl (C=O) groups is 1. The van der Waals surface area contributed by atoms with Gasteiger partial charge < -0.3 is 10.7 Å². The number of nitrogens with zero attached hydrogens (tertiary/aromatic N) is 1. The van der Waals surface area contributed by atoms with Gasteiger partial charge in [0.05, 0.1) is 11.3 Å². The Hall–Kier alpha value is -1.92. The maximum atomic E-state index is 12.0. The number of nitrogens with one attached hydrogen (secondary N) is 2. The first kappa shape index (κ1) is 12.5. The van der Waals surface area contributed by atoms with E-state index in [0.29, 0.717) is 17.8 Å². The Morgan fingerprint density at radius 2 is 2.39 bits per heavy atom. The van der Waals surface area contributed by atoms with Gasteiger partial charge in [-0.25, -0.2) is 0 Å². The van der Waals surface area contributed by atoms with Gasteiger partial charge in [0, 0.05) is 18.4 Å². The van der Waals surface area contributed by atoms with Crippen molar-refractivity contribution in [3.05, 3.63) is 45.9 Å². The van der Waals surface area contributed by atoms with E-state index in [2.05, 4.69) is 15.7 Å². The number of aromatic nitrogens is 1. The molecule has 2 heterocycles. The van der Waals surface area contributed by atoms with Crippen LogP contribution < -0.4 is 16.6 Å². The molecule has 0 aliphatic heterocycles. The Bertz CT molecular complexity index is 539. The average molecular weight is 262 g/mol. The Morgan fingerprint density at radius 3 is 3.06 bits per heavy atom. The number of anilines is 1. The predicted molar refractivity (Wildman–Crippen MR) is 72.3 cm³/mol. The molecule has 5 nitrogen and oxygen atoms in total. The molecule has 0 fully saturated rings. The van der Waals surface area contributed by atoms with Crippen LogP contribution in [0.25, 0.3) is 0 Å². The predicted octanol–water partition coefficient (Wildman–Crippen LogP) is 1.67. The van der Waals surface area contributed by atoms with E-state index in [-0.39, 0.29) is 5.91 Å². The third-order valence-electron chi connectivity index (χ3n) is 2.47. The van der Waals surface area contributed by atoms with E-state index >= 15 is 0 Å². The summed E-state index contributed by atoms with van der Waals surface area (Å²) in [7, 11) is 0. The number of carbonyl (C=O) groups excluding carboxylic acids is 1. The molecule has 1 amide bonds. The van der Waals surface area contributed by atoms with Crippen LogP contribution in [0.1, 0.15) is 21.6 Å². The van der Waals surface area contributed by atoms with E-state index in [1.807, 2.05) is 23.8 Å². The maximum Gasteiger partial charge on any atom is 0.255 e. The summed E-state index contributed by atoms with van der Waals surface area (Å²) in [6, 6.07) is 3.71. The summed E-state index contributed by atoms with van der Waals surface area (Å²) in [6.07, 6.45) is 1.52. The van der Waals surface area contributed by atoms with Gasteiger partial charge >= 0.3 is 0 Å². The number of hydrazine groups is 1. The third kappa shape index (κ3) is 2.85. The molecule has 0 aliphatic rings. The van der Waals surface area contributed by atoms with Crippen molar-refractivity contribution in [2.24, 2.45) is 5.84 Å². The largest absolute Gasteiger partial charge is 0.348 e. The number of thiophene rings is 1. The number of nitrogen functional groups attached to an aromatic ring is 1. The number of aryl methyl sites for hydroxylation is 1. The number of hydrogen-bond acceptors (Lipinski definition) is 5. The molecule has 0 aliphatic carbocycles. The lowest BCUT2D eigenvalue weighted by atomic mass is 10.2. The second-order valence-electron chi connectivity index (χ2n) is 3.83.